The molecule has 1 aromatic carbocycles. The molecule has 7 heteroatoms. The second-order valence-electron chi connectivity index (χ2n) is 3.72. The molecule has 0 heterocycles. The van der Waals surface area contributed by atoms with Gasteiger partial charge in [-0.2, -0.15) is 0 Å². The van der Waals surface area contributed by atoms with Gasteiger partial charge in [-0.05, 0) is 31.5 Å². The second kappa shape index (κ2) is 5.44. The number of benzene rings is 1. The van der Waals surface area contributed by atoms with Gasteiger partial charge in [-0.3, -0.25) is 0 Å². The van der Waals surface area contributed by atoms with Gasteiger partial charge in [-0.15, -0.1) is 0 Å². The molecule has 0 aromatic heterocycles. The van der Waals surface area contributed by atoms with Crippen molar-refractivity contribution < 1.29 is 17.9 Å². The molecule has 0 bridgehead atoms. The minimum atomic E-state index is -3.78. The Labute approximate surface area is 99.5 Å². The summed E-state index contributed by atoms with van der Waals surface area (Å²) in [4.78, 5) is -0.186. The summed E-state index contributed by atoms with van der Waals surface area (Å²) in [5.41, 5.74) is 5.15. The van der Waals surface area contributed by atoms with Crippen LogP contribution in [-0.4, -0.2) is 26.2 Å². The SMILES string of the molecule is CC(CCO)NS(=O)(=O)c1ccc(N)c(F)c1. The minimum Gasteiger partial charge on any atom is -0.396 e. The van der Waals surface area contributed by atoms with E-state index in [-0.39, 0.29) is 23.6 Å². The van der Waals surface area contributed by atoms with E-state index in [4.69, 9.17) is 10.8 Å². The maximum absolute atomic E-state index is 13.1. The average molecular weight is 262 g/mol. The second-order valence-corrected chi connectivity index (χ2v) is 5.43. The third-order valence-corrected chi connectivity index (χ3v) is 3.79. The first kappa shape index (κ1) is 13.9. The third-order valence-electron chi connectivity index (χ3n) is 2.20. The molecule has 0 saturated heterocycles. The number of rotatable bonds is 5. The molecule has 1 unspecified atom stereocenters. The standard InChI is InChI=1S/C10H15FN2O3S/c1-7(4-5-14)13-17(15,16)8-2-3-10(12)9(11)6-8/h2-3,6-7,13-14H,4-5,12H2,1H3. The van der Waals surface area contributed by atoms with Gasteiger partial charge in [0.05, 0.1) is 10.6 Å². The van der Waals surface area contributed by atoms with Crippen molar-refractivity contribution in [2.75, 3.05) is 12.3 Å². The Morgan fingerprint density at radius 3 is 2.71 bits per heavy atom. The van der Waals surface area contributed by atoms with Gasteiger partial charge < -0.3 is 10.8 Å². The summed E-state index contributed by atoms with van der Waals surface area (Å²) >= 11 is 0. The van der Waals surface area contributed by atoms with Gasteiger partial charge in [0.25, 0.3) is 0 Å². The molecule has 4 N–H and O–H groups in total. The highest BCUT2D eigenvalue weighted by atomic mass is 32.2. The summed E-state index contributed by atoms with van der Waals surface area (Å²) in [6.07, 6.45) is 0.288. The maximum atomic E-state index is 13.1. The molecule has 0 radical (unpaired) electrons. The van der Waals surface area contributed by atoms with Crippen molar-refractivity contribution in [2.24, 2.45) is 0 Å². The topological polar surface area (TPSA) is 92.4 Å². The normalized spacial score (nSPS) is 13.6. The number of anilines is 1. The van der Waals surface area contributed by atoms with Gasteiger partial charge in [0.2, 0.25) is 10.0 Å². The van der Waals surface area contributed by atoms with Gasteiger partial charge in [-0.25, -0.2) is 17.5 Å². The molecule has 0 fully saturated rings. The van der Waals surface area contributed by atoms with Crippen LogP contribution in [0.2, 0.25) is 0 Å². The summed E-state index contributed by atoms with van der Waals surface area (Å²) in [5, 5.41) is 8.67. The Balaban J connectivity index is 2.93. The zero-order valence-corrected chi connectivity index (χ0v) is 10.2. The lowest BCUT2D eigenvalue weighted by atomic mass is 10.3. The largest absolute Gasteiger partial charge is 0.396 e. The number of aliphatic hydroxyl groups is 1. The van der Waals surface area contributed by atoms with E-state index < -0.39 is 21.9 Å². The van der Waals surface area contributed by atoms with Crippen molar-refractivity contribution in [1.82, 2.24) is 4.72 Å². The molecule has 0 aliphatic rings. The van der Waals surface area contributed by atoms with Gasteiger partial charge in [0, 0.05) is 12.6 Å². The number of hydrogen-bond donors (Lipinski definition) is 3. The first-order chi connectivity index (χ1) is 7.86. The van der Waals surface area contributed by atoms with E-state index >= 15 is 0 Å². The lowest BCUT2D eigenvalue weighted by molar-refractivity contribution is 0.275. The fraction of sp³-hybridized carbons (Fsp3) is 0.400. The molecule has 1 atom stereocenters. The maximum Gasteiger partial charge on any atom is 0.240 e. The fourth-order valence-electron chi connectivity index (χ4n) is 1.26. The van der Waals surface area contributed by atoms with E-state index in [0.29, 0.717) is 0 Å². The number of hydrogen-bond acceptors (Lipinski definition) is 4. The molecule has 96 valence electrons. The third kappa shape index (κ3) is 3.65. The van der Waals surface area contributed by atoms with Crippen LogP contribution < -0.4 is 10.5 Å². The van der Waals surface area contributed by atoms with Crippen LogP contribution in [0.1, 0.15) is 13.3 Å². The lowest BCUT2D eigenvalue weighted by Gasteiger charge is -2.13. The highest BCUT2D eigenvalue weighted by Crippen LogP contribution is 2.16. The number of aliphatic hydroxyl groups excluding tert-OH is 1. The van der Waals surface area contributed by atoms with Crippen molar-refractivity contribution in [2.45, 2.75) is 24.3 Å². The molecule has 0 aliphatic heterocycles. The predicted molar refractivity (Wildman–Crippen MR) is 62.3 cm³/mol. The van der Waals surface area contributed by atoms with Crippen LogP contribution in [0.4, 0.5) is 10.1 Å². The highest BCUT2D eigenvalue weighted by molar-refractivity contribution is 7.89. The fourth-order valence-corrected chi connectivity index (χ4v) is 2.55. The van der Waals surface area contributed by atoms with E-state index in [2.05, 4.69) is 4.72 Å². The highest BCUT2D eigenvalue weighted by Gasteiger charge is 2.18. The van der Waals surface area contributed by atoms with Crippen LogP contribution >= 0.6 is 0 Å². The first-order valence-corrected chi connectivity index (χ1v) is 6.53. The van der Waals surface area contributed by atoms with Crippen LogP contribution in [0, 0.1) is 5.82 Å². The zero-order chi connectivity index (χ0) is 13.1. The molecule has 1 rings (SSSR count). The Morgan fingerprint density at radius 2 is 2.18 bits per heavy atom. The predicted octanol–water partition coefficient (Wildman–Crippen LogP) is 0.457. The molecule has 5 nitrogen and oxygen atoms in total. The Morgan fingerprint density at radius 1 is 1.53 bits per heavy atom. The Hall–Kier alpha value is -1.18. The number of nitrogens with one attached hydrogen (secondary N) is 1. The molecule has 0 aliphatic carbocycles. The van der Waals surface area contributed by atoms with E-state index in [9.17, 15) is 12.8 Å². The van der Waals surface area contributed by atoms with E-state index in [1.807, 2.05) is 0 Å². The van der Waals surface area contributed by atoms with E-state index in [0.717, 1.165) is 6.07 Å². The van der Waals surface area contributed by atoms with Crippen molar-refractivity contribution in [3.63, 3.8) is 0 Å². The summed E-state index contributed by atoms with van der Waals surface area (Å²) < 4.78 is 39.0. The van der Waals surface area contributed by atoms with Gasteiger partial charge >= 0.3 is 0 Å². The van der Waals surface area contributed by atoms with Crippen LogP contribution in [0.25, 0.3) is 0 Å². The molecular formula is C10H15FN2O3S. The van der Waals surface area contributed by atoms with Crippen molar-refractivity contribution in [3.8, 4) is 0 Å². The van der Waals surface area contributed by atoms with E-state index in [1.165, 1.54) is 12.1 Å². The zero-order valence-electron chi connectivity index (χ0n) is 9.35. The average Bonchev–Trinajstić information content (AvgIpc) is 2.21. The molecule has 0 amide bonds. The lowest BCUT2D eigenvalue weighted by Crippen LogP contribution is -2.33. The van der Waals surface area contributed by atoms with Crippen molar-refractivity contribution >= 4 is 15.7 Å². The van der Waals surface area contributed by atoms with Crippen LogP contribution in [0.15, 0.2) is 23.1 Å². The molecule has 0 saturated carbocycles. The van der Waals surface area contributed by atoms with Crippen molar-refractivity contribution in [1.29, 1.82) is 0 Å². The number of nitrogen functional groups attached to an aromatic ring is 1. The molecule has 1 aromatic rings. The summed E-state index contributed by atoms with van der Waals surface area (Å²) in [6.45, 7) is 1.49. The Kier molecular flexibility index (Phi) is 4.44. The molecular weight excluding hydrogens is 247 g/mol. The van der Waals surface area contributed by atoms with Crippen molar-refractivity contribution in [3.05, 3.63) is 24.0 Å². The monoisotopic (exact) mass is 262 g/mol. The molecule has 17 heavy (non-hydrogen) atoms. The van der Waals surface area contributed by atoms with Gasteiger partial charge in [0.15, 0.2) is 0 Å². The van der Waals surface area contributed by atoms with E-state index in [1.54, 1.807) is 6.92 Å². The smallest absolute Gasteiger partial charge is 0.240 e. The van der Waals surface area contributed by atoms with Gasteiger partial charge in [0.1, 0.15) is 5.82 Å². The molecule has 0 spiro atoms. The number of sulfonamides is 1. The minimum absolute atomic E-state index is 0.104. The van der Waals surface area contributed by atoms with Crippen LogP contribution in [0.3, 0.4) is 0 Å². The summed E-state index contributed by atoms with van der Waals surface area (Å²) in [5.74, 6) is -0.775. The summed E-state index contributed by atoms with van der Waals surface area (Å²) in [7, 11) is -3.78. The number of halogens is 1. The summed E-state index contributed by atoms with van der Waals surface area (Å²) in [6, 6.07) is 2.86. The number of nitrogens with two attached hydrogens (primary N) is 1. The Bertz CT molecular complexity index is 490. The van der Waals surface area contributed by atoms with Crippen LogP contribution in [-0.2, 0) is 10.0 Å². The van der Waals surface area contributed by atoms with Crippen LogP contribution in [0.5, 0.6) is 0 Å². The quantitative estimate of drug-likeness (QED) is 0.672. The van der Waals surface area contributed by atoms with Gasteiger partial charge in [-0.1, -0.05) is 0 Å². The first-order valence-electron chi connectivity index (χ1n) is 5.05.